The standard InChI is InChI=1S/C23H26BrN5O2S/c1-14(2)18-12-17(24)10-11-19(18)26-20(30)13-32-23-28-27-21(29(23)4)15(3)25-22(31)16-8-6-5-7-9-16/h5-12,14-15H,13H2,1-4H3,(H,25,31)(H,26,30)/t15-/m1/s1. The summed E-state index contributed by atoms with van der Waals surface area (Å²) in [6.07, 6.45) is 0. The van der Waals surface area contributed by atoms with Gasteiger partial charge in [-0.25, -0.2) is 0 Å². The number of benzene rings is 2. The summed E-state index contributed by atoms with van der Waals surface area (Å²) in [5.74, 6) is 0.806. The number of amides is 2. The van der Waals surface area contributed by atoms with Crippen molar-refractivity contribution in [1.82, 2.24) is 20.1 Å². The summed E-state index contributed by atoms with van der Waals surface area (Å²) in [6, 6.07) is 14.5. The number of anilines is 1. The number of nitrogens with zero attached hydrogens (tertiary/aromatic N) is 3. The number of halogens is 1. The van der Waals surface area contributed by atoms with Crippen molar-refractivity contribution in [2.24, 2.45) is 7.05 Å². The van der Waals surface area contributed by atoms with E-state index in [1.807, 2.05) is 50.4 Å². The third-order valence-corrected chi connectivity index (χ3v) is 6.40. The Kier molecular flexibility index (Phi) is 8.09. The van der Waals surface area contributed by atoms with Crippen molar-refractivity contribution in [3.8, 4) is 0 Å². The molecule has 2 amide bonds. The molecule has 0 spiro atoms. The predicted octanol–water partition coefficient (Wildman–Crippen LogP) is 4.92. The topological polar surface area (TPSA) is 88.9 Å². The minimum absolute atomic E-state index is 0.116. The number of thioether (sulfide) groups is 1. The van der Waals surface area contributed by atoms with E-state index in [4.69, 9.17) is 0 Å². The van der Waals surface area contributed by atoms with Crippen LogP contribution in [0.3, 0.4) is 0 Å². The van der Waals surface area contributed by atoms with Gasteiger partial charge in [0.15, 0.2) is 11.0 Å². The summed E-state index contributed by atoms with van der Waals surface area (Å²) in [6.45, 7) is 6.03. The quantitative estimate of drug-likeness (QED) is 0.415. The zero-order valence-corrected chi connectivity index (χ0v) is 20.8. The van der Waals surface area contributed by atoms with Gasteiger partial charge in [-0.05, 0) is 48.7 Å². The molecule has 0 aliphatic carbocycles. The summed E-state index contributed by atoms with van der Waals surface area (Å²) >= 11 is 4.78. The molecular weight excluding hydrogens is 490 g/mol. The van der Waals surface area contributed by atoms with Crippen LogP contribution in [-0.2, 0) is 11.8 Å². The molecule has 0 saturated carbocycles. The lowest BCUT2D eigenvalue weighted by Gasteiger charge is -2.15. The zero-order valence-electron chi connectivity index (χ0n) is 18.4. The Balaban J connectivity index is 1.60. The van der Waals surface area contributed by atoms with Crippen molar-refractivity contribution in [2.45, 2.75) is 37.9 Å². The van der Waals surface area contributed by atoms with Gasteiger partial charge < -0.3 is 15.2 Å². The highest BCUT2D eigenvalue weighted by Gasteiger charge is 2.19. The van der Waals surface area contributed by atoms with E-state index in [1.165, 1.54) is 11.8 Å². The van der Waals surface area contributed by atoms with Gasteiger partial charge in [0.25, 0.3) is 5.91 Å². The lowest BCUT2D eigenvalue weighted by Crippen LogP contribution is -2.28. The fourth-order valence-corrected chi connectivity index (χ4v) is 4.30. The largest absolute Gasteiger partial charge is 0.342 e. The summed E-state index contributed by atoms with van der Waals surface area (Å²) in [5, 5.41) is 14.9. The molecule has 0 aliphatic heterocycles. The first-order valence-corrected chi connectivity index (χ1v) is 12.0. The van der Waals surface area contributed by atoms with Crippen molar-refractivity contribution in [2.75, 3.05) is 11.1 Å². The number of carbonyl (C=O) groups is 2. The highest BCUT2D eigenvalue weighted by atomic mass is 79.9. The number of hydrogen-bond donors (Lipinski definition) is 2. The van der Waals surface area contributed by atoms with Crippen LogP contribution in [0.1, 0.15) is 54.5 Å². The first-order chi connectivity index (χ1) is 15.3. The summed E-state index contributed by atoms with van der Waals surface area (Å²) in [7, 11) is 1.83. The van der Waals surface area contributed by atoms with E-state index in [0.29, 0.717) is 16.5 Å². The highest BCUT2D eigenvalue weighted by Crippen LogP contribution is 2.28. The number of hydrogen-bond acceptors (Lipinski definition) is 5. The van der Waals surface area contributed by atoms with Crippen LogP contribution in [0.25, 0.3) is 0 Å². The molecule has 168 valence electrons. The van der Waals surface area contributed by atoms with Crippen LogP contribution in [0.2, 0.25) is 0 Å². The Morgan fingerprint density at radius 1 is 1.09 bits per heavy atom. The SMILES string of the molecule is CC(C)c1cc(Br)ccc1NC(=O)CSc1nnc([C@@H](C)NC(=O)c2ccccc2)n1C. The smallest absolute Gasteiger partial charge is 0.251 e. The molecule has 0 aliphatic rings. The molecule has 3 rings (SSSR count). The molecule has 0 bridgehead atoms. The first kappa shape index (κ1) is 24.0. The fourth-order valence-electron chi connectivity index (χ4n) is 3.20. The monoisotopic (exact) mass is 515 g/mol. The van der Waals surface area contributed by atoms with Gasteiger partial charge in [-0.1, -0.05) is 59.7 Å². The second kappa shape index (κ2) is 10.8. The van der Waals surface area contributed by atoms with Gasteiger partial charge in [0, 0.05) is 22.8 Å². The minimum atomic E-state index is -0.334. The van der Waals surface area contributed by atoms with E-state index < -0.39 is 0 Å². The average Bonchev–Trinajstić information content (AvgIpc) is 3.14. The normalized spacial score (nSPS) is 11.9. The van der Waals surface area contributed by atoms with Crippen LogP contribution >= 0.6 is 27.7 Å². The molecule has 0 radical (unpaired) electrons. The van der Waals surface area contributed by atoms with Crippen LogP contribution in [0.15, 0.2) is 58.2 Å². The number of aromatic nitrogens is 3. The Morgan fingerprint density at radius 3 is 2.50 bits per heavy atom. The van der Waals surface area contributed by atoms with Crippen molar-refractivity contribution in [3.05, 3.63) is 70.0 Å². The predicted molar refractivity (Wildman–Crippen MR) is 131 cm³/mol. The van der Waals surface area contributed by atoms with Crippen LogP contribution < -0.4 is 10.6 Å². The molecular formula is C23H26BrN5O2S. The molecule has 0 saturated heterocycles. The Labute approximate surface area is 200 Å². The third kappa shape index (κ3) is 5.98. The molecule has 1 heterocycles. The average molecular weight is 516 g/mol. The van der Waals surface area contributed by atoms with Gasteiger partial charge >= 0.3 is 0 Å². The lowest BCUT2D eigenvalue weighted by molar-refractivity contribution is -0.113. The molecule has 2 N–H and O–H groups in total. The van der Waals surface area contributed by atoms with Gasteiger partial charge in [-0.3, -0.25) is 9.59 Å². The molecule has 7 nitrogen and oxygen atoms in total. The van der Waals surface area contributed by atoms with E-state index in [0.717, 1.165) is 15.7 Å². The molecule has 9 heteroatoms. The summed E-state index contributed by atoms with van der Waals surface area (Å²) in [5.41, 5.74) is 2.47. The Bertz CT molecular complexity index is 1100. The molecule has 1 atom stereocenters. The fraction of sp³-hybridized carbons (Fsp3) is 0.304. The van der Waals surface area contributed by atoms with Crippen molar-refractivity contribution < 1.29 is 9.59 Å². The van der Waals surface area contributed by atoms with Crippen molar-refractivity contribution in [3.63, 3.8) is 0 Å². The van der Waals surface area contributed by atoms with E-state index in [1.54, 1.807) is 16.7 Å². The van der Waals surface area contributed by atoms with E-state index in [9.17, 15) is 9.59 Å². The molecule has 0 fully saturated rings. The van der Waals surface area contributed by atoms with Gasteiger partial charge in [0.05, 0.1) is 11.8 Å². The summed E-state index contributed by atoms with van der Waals surface area (Å²) < 4.78 is 2.78. The summed E-state index contributed by atoms with van der Waals surface area (Å²) in [4.78, 5) is 24.9. The lowest BCUT2D eigenvalue weighted by atomic mass is 10.0. The van der Waals surface area contributed by atoms with Crippen LogP contribution in [0.5, 0.6) is 0 Å². The third-order valence-electron chi connectivity index (χ3n) is 4.88. The van der Waals surface area contributed by atoms with Crippen molar-refractivity contribution in [1.29, 1.82) is 0 Å². The molecule has 1 aromatic heterocycles. The van der Waals surface area contributed by atoms with Crippen molar-refractivity contribution >= 4 is 45.2 Å². The maximum Gasteiger partial charge on any atom is 0.251 e. The zero-order chi connectivity index (χ0) is 23.3. The van der Waals surface area contributed by atoms with Gasteiger partial charge in [0.2, 0.25) is 5.91 Å². The van der Waals surface area contributed by atoms with Gasteiger partial charge in [-0.2, -0.15) is 0 Å². The molecule has 32 heavy (non-hydrogen) atoms. The number of rotatable bonds is 8. The number of nitrogens with one attached hydrogen (secondary N) is 2. The molecule has 2 aromatic carbocycles. The highest BCUT2D eigenvalue weighted by molar-refractivity contribution is 9.10. The first-order valence-electron chi connectivity index (χ1n) is 10.2. The van der Waals surface area contributed by atoms with Gasteiger partial charge in [-0.15, -0.1) is 10.2 Å². The van der Waals surface area contributed by atoms with E-state index in [2.05, 4.69) is 50.6 Å². The maximum absolute atomic E-state index is 12.5. The van der Waals surface area contributed by atoms with Gasteiger partial charge in [0.1, 0.15) is 0 Å². The number of carbonyl (C=O) groups excluding carboxylic acids is 2. The maximum atomic E-state index is 12.5. The second-order valence-electron chi connectivity index (χ2n) is 7.68. The molecule has 0 unspecified atom stereocenters. The minimum Gasteiger partial charge on any atom is -0.342 e. The van der Waals surface area contributed by atoms with Crippen LogP contribution in [0, 0.1) is 0 Å². The molecule has 3 aromatic rings. The van der Waals surface area contributed by atoms with E-state index >= 15 is 0 Å². The Hall–Kier alpha value is -2.65. The van der Waals surface area contributed by atoms with Crippen LogP contribution in [0.4, 0.5) is 5.69 Å². The van der Waals surface area contributed by atoms with Crippen LogP contribution in [-0.4, -0.2) is 32.3 Å². The Morgan fingerprint density at radius 2 is 1.81 bits per heavy atom. The second-order valence-corrected chi connectivity index (χ2v) is 9.54. The van der Waals surface area contributed by atoms with E-state index in [-0.39, 0.29) is 29.5 Å².